The van der Waals surface area contributed by atoms with Crippen molar-refractivity contribution in [2.75, 3.05) is 6.61 Å². The third-order valence-corrected chi connectivity index (χ3v) is 2.98. The van der Waals surface area contributed by atoms with Crippen LogP contribution < -0.4 is 4.74 Å². The van der Waals surface area contributed by atoms with Crippen molar-refractivity contribution in [3.05, 3.63) is 26.6 Å². The largest absolute Gasteiger partial charge is 0.476 e. The Morgan fingerprint density at radius 3 is 2.36 bits per heavy atom. The lowest BCUT2D eigenvalue weighted by Gasteiger charge is -2.08. The second-order valence-corrected chi connectivity index (χ2v) is 4.44. The summed E-state index contributed by atoms with van der Waals surface area (Å²) in [6.07, 6.45) is 0. The summed E-state index contributed by atoms with van der Waals surface area (Å²) in [5, 5.41) is 8.38. The minimum Gasteiger partial charge on any atom is -0.476 e. The third-order valence-electron chi connectivity index (χ3n) is 1.49. The Kier molecular flexibility index (Phi) is 4.73. The fourth-order valence-electron chi connectivity index (χ4n) is 0.932. The van der Waals surface area contributed by atoms with E-state index < -0.39 is 0 Å². The fourth-order valence-corrected chi connectivity index (χ4v) is 2.60. The van der Waals surface area contributed by atoms with E-state index >= 15 is 0 Å². The van der Waals surface area contributed by atoms with Crippen LogP contribution in [-0.2, 0) is 5.88 Å². The molecule has 14 heavy (non-hydrogen) atoms. The van der Waals surface area contributed by atoms with Crippen LogP contribution in [0.5, 0.6) is 5.75 Å². The van der Waals surface area contributed by atoms with E-state index in [1.165, 1.54) is 0 Å². The van der Waals surface area contributed by atoms with Crippen LogP contribution in [0.2, 0.25) is 0 Å². The van der Waals surface area contributed by atoms with Gasteiger partial charge in [0.2, 0.25) is 0 Å². The van der Waals surface area contributed by atoms with Crippen molar-refractivity contribution in [2.24, 2.45) is 0 Å². The number of nitrogens with zero attached hydrogens (tertiary/aromatic N) is 1. The van der Waals surface area contributed by atoms with Gasteiger partial charge in [-0.05, 0) is 49.6 Å². The lowest BCUT2D eigenvalue weighted by molar-refractivity contribution is 0.363. The summed E-state index contributed by atoms with van der Waals surface area (Å²) < 4.78 is 6.80. The molecule has 0 saturated heterocycles. The predicted molar refractivity (Wildman–Crippen MR) is 62.5 cm³/mol. The molecule has 1 aromatic rings. The summed E-state index contributed by atoms with van der Waals surface area (Å²) >= 11 is 12.4. The molecule has 1 rings (SSSR count). The highest BCUT2D eigenvalue weighted by atomic mass is 79.9. The molecule has 0 aliphatic heterocycles. The Hall–Kier alpha value is -0.240. The molecule has 0 N–H and O–H groups in total. The molecule has 0 heterocycles. The third kappa shape index (κ3) is 2.88. The molecule has 74 valence electrons. The zero-order valence-corrected chi connectivity index (χ0v) is 11.0. The minimum atomic E-state index is 0.0252. The van der Waals surface area contributed by atoms with Gasteiger partial charge in [-0.15, -0.1) is 11.6 Å². The summed E-state index contributed by atoms with van der Waals surface area (Å²) in [6.45, 7) is 0.0252. The Morgan fingerprint density at radius 2 is 1.93 bits per heavy atom. The van der Waals surface area contributed by atoms with Crippen LogP contribution in [-0.4, -0.2) is 6.61 Å². The van der Waals surface area contributed by atoms with E-state index in [1.807, 2.05) is 18.2 Å². The quantitative estimate of drug-likeness (QED) is 0.784. The van der Waals surface area contributed by atoms with E-state index in [1.54, 1.807) is 0 Å². The first-order valence-electron chi connectivity index (χ1n) is 3.72. The van der Waals surface area contributed by atoms with Crippen molar-refractivity contribution in [1.82, 2.24) is 0 Å². The SMILES string of the molecule is N#CCOc1c(Br)cc(CCl)cc1Br. The average molecular weight is 339 g/mol. The molecule has 2 nitrogen and oxygen atoms in total. The van der Waals surface area contributed by atoms with E-state index in [0.717, 1.165) is 14.5 Å². The summed E-state index contributed by atoms with van der Waals surface area (Å²) in [4.78, 5) is 0. The number of alkyl halides is 1. The van der Waals surface area contributed by atoms with Crippen LogP contribution in [0.15, 0.2) is 21.1 Å². The van der Waals surface area contributed by atoms with E-state index in [9.17, 15) is 0 Å². The lowest BCUT2D eigenvalue weighted by atomic mass is 10.2. The van der Waals surface area contributed by atoms with Gasteiger partial charge in [0.1, 0.15) is 11.8 Å². The van der Waals surface area contributed by atoms with Crippen LogP contribution in [0, 0.1) is 11.3 Å². The van der Waals surface area contributed by atoms with Crippen LogP contribution >= 0.6 is 43.5 Å². The van der Waals surface area contributed by atoms with Gasteiger partial charge in [-0.1, -0.05) is 0 Å². The van der Waals surface area contributed by atoms with Gasteiger partial charge in [-0.25, -0.2) is 0 Å². The number of hydrogen-bond donors (Lipinski definition) is 0. The van der Waals surface area contributed by atoms with Gasteiger partial charge in [0.25, 0.3) is 0 Å². The fraction of sp³-hybridized carbons (Fsp3) is 0.222. The maximum Gasteiger partial charge on any atom is 0.174 e. The number of ether oxygens (including phenoxy) is 1. The number of halogens is 3. The Morgan fingerprint density at radius 1 is 1.36 bits per heavy atom. The van der Waals surface area contributed by atoms with E-state index in [2.05, 4.69) is 31.9 Å². The summed E-state index contributed by atoms with van der Waals surface area (Å²) in [5.41, 5.74) is 0.981. The number of hydrogen-bond acceptors (Lipinski definition) is 2. The molecule has 0 saturated carbocycles. The molecular formula is C9H6Br2ClNO. The Balaban J connectivity index is 3.00. The zero-order chi connectivity index (χ0) is 10.6. The first kappa shape index (κ1) is 11.8. The first-order chi connectivity index (χ1) is 6.69. The molecule has 0 aliphatic carbocycles. The highest BCUT2D eigenvalue weighted by Crippen LogP contribution is 2.35. The number of nitriles is 1. The van der Waals surface area contributed by atoms with Crippen molar-refractivity contribution in [3.63, 3.8) is 0 Å². The van der Waals surface area contributed by atoms with Gasteiger partial charge in [-0.3, -0.25) is 0 Å². The second kappa shape index (κ2) is 5.59. The number of rotatable bonds is 3. The molecule has 1 aromatic carbocycles. The van der Waals surface area contributed by atoms with Crippen molar-refractivity contribution >= 4 is 43.5 Å². The van der Waals surface area contributed by atoms with Gasteiger partial charge in [0.05, 0.1) is 8.95 Å². The van der Waals surface area contributed by atoms with Crippen molar-refractivity contribution < 1.29 is 4.74 Å². The van der Waals surface area contributed by atoms with Crippen molar-refractivity contribution in [3.8, 4) is 11.8 Å². The number of benzene rings is 1. The topological polar surface area (TPSA) is 33.0 Å². The minimum absolute atomic E-state index is 0.0252. The average Bonchev–Trinajstić information content (AvgIpc) is 2.16. The summed E-state index contributed by atoms with van der Waals surface area (Å²) in [7, 11) is 0. The molecule has 0 unspecified atom stereocenters. The van der Waals surface area contributed by atoms with E-state index in [4.69, 9.17) is 21.6 Å². The Bertz CT molecular complexity index is 353. The van der Waals surface area contributed by atoms with E-state index in [0.29, 0.717) is 11.6 Å². The molecule has 0 bridgehead atoms. The summed E-state index contributed by atoms with van der Waals surface area (Å²) in [6, 6.07) is 5.64. The van der Waals surface area contributed by atoms with Gasteiger partial charge in [-0.2, -0.15) is 5.26 Å². The normalized spacial score (nSPS) is 9.57. The maximum absolute atomic E-state index is 8.38. The molecular weight excluding hydrogens is 333 g/mol. The summed E-state index contributed by atoms with van der Waals surface area (Å²) in [5.74, 6) is 1.07. The van der Waals surface area contributed by atoms with Gasteiger partial charge >= 0.3 is 0 Å². The highest BCUT2D eigenvalue weighted by molar-refractivity contribution is 9.11. The van der Waals surface area contributed by atoms with Gasteiger partial charge in [0, 0.05) is 5.88 Å². The maximum atomic E-state index is 8.38. The molecule has 5 heteroatoms. The predicted octanol–water partition coefficient (Wildman–Crippen LogP) is 3.85. The van der Waals surface area contributed by atoms with Crippen LogP contribution in [0.1, 0.15) is 5.56 Å². The molecule has 0 amide bonds. The molecule has 0 atom stereocenters. The molecule has 0 aromatic heterocycles. The standard InChI is InChI=1S/C9H6Br2ClNO/c10-7-3-6(5-12)4-8(11)9(7)14-2-1-13/h3-4H,2,5H2. The Labute approximate surface area is 104 Å². The smallest absolute Gasteiger partial charge is 0.174 e. The van der Waals surface area contributed by atoms with Crippen LogP contribution in [0.25, 0.3) is 0 Å². The molecule has 0 aliphatic rings. The van der Waals surface area contributed by atoms with E-state index in [-0.39, 0.29) is 6.61 Å². The van der Waals surface area contributed by atoms with Gasteiger partial charge in [0.15, 0.2) is 6.61 Å². The lowest BCUT2D eigenvalue weighted by Crippen LogP contribution is -1.96. The molecule has 0 fully saturated rings. The highest BCUT2D eigenvalue weighted by Gasteiger charge is 2.08. The van der Waals surface area contributed by atoms with Gasteiger partial charge < -0.3 is 4.74 Å². The molecule has 0 radical (unpaired) electrons. The monoisotopic (exact) mass is 337 g/mol. The molecule has 0 spiro atoms. The second-order valence-electron chi connectivity index (χ2n) is 2.47. The zero-order valence-electron chi connectivity index (χ0n) is 7.06. The van der Waals surface area contributed by atoms with Crippen LogP contribution in [0.3, 0.4) is 0 Å². The van der Waals surface area contributed by atoms with Crippen LogP contribution in [0.4, 0.5) is 0 Å². The van der Waals surface area contributed by atoms with Crippen molar-refractivity contribution in [1.29, 1.82) is 5.26 Å². The van der Waals surface area contributed by atoms with Crippen molar-refractivity contribution in [2.45, 2.75) is 5.88 Å². The first-order valence-corrected chi connectivity index (χ1v) is 5.84.